The molecule has 1 rings (SSSR count). The lowest BCUT2D eigenvalue weighted by Crippen LogP contribution is -2.23. The Kier molecular flexibility index (Phi) is 4.03. The highest BCUT2D eigenvalue weighted by atomic mass is 16.1. The normalized spacial score (nSPS) is 9.80. The first kappa shape index (κ1) is 11.4. The van der Waals surface area contributed by atoms with Crippen LogP contribution in [0.25, 0.3) is 0 Å². The Balaban J connectivity index is 2.61. The fourth-order valence-corrected chi connectivity index (χ4v) is 1.03. The van der Waals surface area contributed by atoms with E-state index < -0.39 is 0 Å². The Morgan fingerprint density at radius 2 is 2.27 bits per heavy atom. The van der Waals surface area contributed by atoms with Gasteiger partial charge in [-0.15, -0.1) is 0 Å². The summed E-state index contributed by atoms with van der Waals surface area (Å²) in [6, 6.07) is 1.82. The predicted molar refractivity (Wildman–Crippen MR) is 58.5 cm³/mol. The van der Waals surface area contributed by atoms with Gasteiger partial charge in [-0.3, -0.25) is 4.79 Å². The van der Waals surface area contributed by atoms with Gasteiger partial charge in [0.2, 0.25) is 5.91 Å². The van der Waals surface area contributed by atoms with Gasteiger partial charge in [-0.2, -0.15) is 0 Å². The number of carbonyl (C=O) groups is 1. The van der Waals surface area contributed by atoms with Crippen LogP contribution in [0.3, 0.4) is 0 Å². The summed E-state index contributed by atoms with van der Waals surface area (Å²) in [6.07, 6.45) is 2.17. The molecular weight excluding hydrogens is 192 g/mol. The molecule has 0 radical (unpaired) electrons. The van der Waals surface area contributed by atoms with Crippen molar-refractivity contribution in [1.29, 1.82) is 0 Å². The zero-order chi connectivity index (χ0) is 11.3. The summed E-state index contributed by atoms with van der Waals surface area (Å²) in [6.45, 7) is 2.20. The van der Waals surface area contributed by atoms with Crippen molar-refractivity contribution in [2.24, 2.45) is 0 Å². The first-order valence-electron chi connectivity index (χ1n) is 4.89. The van der Waals surface area contributed by atoms with Gasteiger partial charge < -0.3 is 10.2 Å². The number of aromatic nitrogens is 2. The molecule has 0 aliphatic carbocycles. The molecule has 0 saturated heterocycles. The first-order valence-corrected chi connectivity index (χ1v) is 4.89. The van der Waals surface area contributed by atoms with E-state index in [1.165, 1.54) is 0 Å². The van der Waals surface area contributed by atoms with E-state index >= 15 is 0 Å². The van der Waals surface area contributed by atoms with Crippen molar-refractivity contribution >= 4 is 11.7 Å². The molecule has 0 fully saturated rings. The van der Waals surface area contributed by atoms with Gasteiger partial charge in [-0.05, 0) is 6.07 Å². The fraction of sp³-hybridized carbons (Fsp3) is 0.500. The second-order valence-corrected chi connectivity index (χ2v) is 3.36. The molecule has 1 aromatic heterocycles. The number of hydrogen-bond acceptors (Lipinski definition) is 4. The van der Waals surface area contributed by atoms with E-state index in [0.29, 0.717) is 18.8 Å². The highest BCUT2D eigenvalue weighted by Gasteiger charge is 2.02. The number of amides is 1. The summed E-state index contributed by atoms with van der Waals surface area (Å²) in [4.78, 5) is 21.3. The van der Waals surface area contributed by atoms with E-state index in [2.05, 4.69) is 15.3 Å². The largest absolute Gasteiger partial charge is 0.363 e. The molecule has 0 bridgehead atoms. The molecule has 15 heavy (non-hydrogen) atoms. The van der Waals surface area contributed by atoms with Gasteiger partial charge in [0, 0.05) is 26.7 Å². The standard InChI is InChI=1S/C10H16N4O/c1-4-10(15)12-7-8-11-6-5-9(13-8)14(2)3/h5-6H,4,7H2,1-3H3,(H,12,15). The van der Waals surface area contributed by atoms with Crippen molar-refractivity contribution in [3.8, 4) is 0 Å². The van der Waals surface area contributed by atoms with Crippen LogP contribution in [0.4, 0.5) is 5.82 Å². The maximum Gasteiger partial charge on any atom is 0.220 e. The number of carbonyl (C=O) groups excluding carboxylic acids is 1. The molecule has 82 valence electrons. The van der Waals surface area contributed by atoms with Crippen LogP contribution in [-0.2, 0) is 11.3 Å². The van der Waals surface area contributed by atoms with Crippen LogP contribution in [0.2, 0.25) is 0 Å². The van der Waals surface area contributed by atoms with Crippen molar-refractivity contribution in [3.05, 3.63) is 18.1 Å². The first-order chi connectivity index (χ1) is 7.13. The molecule has 1 amide bonds. The van der Waals surface area contributed by atoms with Gasteiger partial charge in [-0.1, -0.05) is 6.92 Å². The van der Waals surface area contributed by atoms with Crippen molar-refractivity contribution in [3.63, 3.8) is 0 Å². The second kappa shape index (κ2) is 5.29. The summed E-state index contributed by atoms with van der Waals surface area (Å²) in [5, 5.41) is 2.73. The van der Waals surface area contributed by atoms with E-state index in [4.69, 9.17) is 0 Å². The molecular formula is C10H16N4O. The molecule has 0 aromatic carbocycles. The summed E-state index contributed by atoms with van der Waals surface area (Å²) in [5.74, 6) is 1.47. The summed E-state index contributed by atoms with van der Waals surface area (Å²) in [5.41, 5.74) is 0. The second-order valence-electron chi connectivity index (χ2n) is 3.36. The Labute approximate surface area is 89.5 Å². The minimum Gasteiger partial charge on any atom is -0.363 e. The zero-order valence-electron chi connectivity index (χ0n) is 9.32. The van der Waals surface area contributed by atoms with Gasteiger partial charge in [0.15, 0.2) is 0 Å². The van der Waals surface area contributed by atoms with Crippen LogP contribution in [0.5, 0.6) is 0 Å². The number of rotatable bonds is 4. The number of nitrogens with zero attached hydrogens (tertiary/aromatic N) is 3. The Morgan fingerprint density at radius 1 is 1.53 bits per heavy atom. The summed E-state index contributed by atoms with van der Waals surface area (Å²) in [7, 11) is 3.83. The van der Waals surface area contributed by atoms with Gasteiger partial charge in [-0.25, -0.2) is 9.97 Å². The SMILES string of the molecule is CCC(=O)NCc1nccc(N(C)C)n1. The maximum atomic E-state index is 11.0. The van der Waals surface area contributed by atoms with E-state index in [1.54, 1.807) is 6.20 Å². The molecule has 0 aliphatic rings. The quantitative estimate of drug-likeness (QED) is 0.786. The summed E-state index contributed by atoms with van der Waals surface area (Å²) >= 11 is 0. The van der Waals surface area contributed by atoms with Gasteiger partial charge in [0.05, 0.1) is 6.54 Å². The van der Waals surface area contributed by atoms with E-state index in [1.807, 2.05) is 32.0 Å². The van der Waals surface area contributed by atoms with Crippen LogP contribution in [-0.4, -0.2) is 30.0 Å². The molecule has 0 spiro atoms. The van der Waals surface area contributed by atoms with Crippen molar-refractivity contribution in [2.75, 3.05) is 19.0 Å². The molecule has 0 atom stereocenters. The summed E-state index contributed by atoms with van der Waals surface area (Å²) < 4.78 is 0. The lowest BCUT2D eigenvalue weighted by atomic mass is 10.4. The average molecular weight is 208 g/mol. The highest BCUT2D eigenvalue weighted by Crippen LogP contribution is 2.04. The molecule has 5 nitrogen and oxygen atoms in total. The van der Waals surface area contributed by atoms with Crippen molar-refractivity contribution in [1.82, 2.24) is 15.3 Å². The molecule has 0 saturated carbocycles. The minimum absolute atomic E-state index is 0.00820. The Bertz CT molecular complexity index is 338. The van der Waals surface area contributed by atoms with Crippen molar-refractivity contribution < 1.29 is 4.79 Å². The molecule has 0 unspecified atom stereocenters. The van der Waals surface area contributed by atoms with Crippen molar-refractivity contribution in [2.45, 2.75) is 19.9 Å². The van der Waals surface area contributed by atoms with Gasteiger partial charge in [0.25, 0.3) is 0 Å². The highest BCUT2D eigenvalue weighted by molar-refractivity contribution is 5.75. The molecule has 1 heterocycles. The lowest BCUT2D eigenvalue weighted by Gasteiger charge is -2.11. The smallest absolute Gasteiger partial charge is 0.220 e. The van der Waals surface area contributed by atoms with E-state index in [9.17, 15) is 4.79 Å². The van der Waals surface area contributed by atoms with Crippen LogP contribution < -0.4 is 10.2 Å². The Hall–Kier alpha value is -1.65. The topological polar surface area (TPSA) is 58.1 Å². The van der Waals surface area contributed by atoms with Crippen LogP contribution >= 0.6 is 0 Å². The third-order valence-corrected chi connectivity index (χ3v) is 1.91. The number of nitrogens with one attached hydrogen (secondary N) is 1. The molecule has 1 N–H and O–H groups in total. The van der Waals surface area contributed by atoms with E-state index in [0.717, 1.165) is 5.82 Å². The number of anilines is 1. The minimum atomic E-state index is 0.00820. The van der Waals surface area contributed by atoms with Crippen LogP contribution in [0.15, 0.2) is 12.3 Å². The molecule has 1 aromatic rings. The third-order valence-electron chi connectivity index (χ3n) is 1.91. The lowest BCUT2D eigenvalue weighted by molar-refractivity contribution is -0.120. The van der Waals surface area contributed by atoms with E-state index in [-0.39, 0.29) is 5.91 Å². The monoisotopic (exact) mass is 208 g/mol. The average Bonchev–Trinajstić information content (AvgIpc) is 2.26. The third kappa shape index (κ3) is 3.53. The van der Waals surface area contributed by atoms with Gasteiger partial charge in [0.1, 0.15) is 11.6 Å². The molecule has 5 heteroatoms. The predicted octanol–water partition coefficient (Wildman–Crippen LogP) is 0.569. The molecule has 0 aliphatic heterocycles. The Morgan fingerprint density at radius 3 is 2.87 bits per heavy atom. The zero-order valence-corrected chi connectivity index (χ0v) is 9.32. The van der Waals surface area contributed by atoms with Crippen LogP contribution in [0.1, 0.15) is 19.2 Å². The number of hydrogen-bond donors (Lipinski definition) is 1. The maximum absolute atomic E-state index is 11.0. The fourth-order valence-electron chi connectivity index (χ4n) is 1.03. The van der Waals surface area contributed by atoms with Gasteiger partial charge >= 0.3 is 0 Å². The van der Waals surface area contributed by atoms with Crippen LogP contribution in [0, 0.1) is 0 Å².